The minimum absolute atomic E-state index is 0.0446. The van der Waals surface area contributed by atoms with E-state index in [1.54, 1.807) is 0 Å². The SMILES string of the molecule is CC(C)OCC(=O)NC(CBr)C(C)C. The number of carbonyl (C=O) groups is 1. The summed E-state index contributed by atoms with van der Waals surface area (Å²) in [6, 6.07) is 0.179. The van der Waals surface area contributed by atoms with Crippen molar-refractivity contribution >= 4 is 21.8 Å². The summed E-state index contributed by atoms with van der Waals surface area (Å²) in [5.74, 6) is 0.384. The Bertz CT molecular complexity index is 172. The van der Waals surface area contributed by atoms with Crippen molar-refractivity contribution in [1.82, 2.24) is 5.32 Å². The van der Waals surface area contributed by atoms with E-state index in [0.717, 1.165) is 5.33 Å². The summed E-state index contributed by atoms with van der Waals surface area (Å²) in [5.41, 5.74) is 0. The van der Waals surface area contributed by atoms with Crippen LogP contribution in [0.1, 0.15) is 27.7 Å². The van der Waals surface area contributed by atoms with Gasteiger partial charge in [0.2, 0.25) is 5.91 Å². The maximum atomic E-state index is 11.4. The van der Waals surface area contributed by atoms with E-state index in [1.807, 2.05) is 13.8 Å². The van der Waals surface area contributed by atoms with Gasteiger partial charge in [-0.2, -0.15) is 0 Å². The van der Waals surface area contributed by atoms with Crippen molar-refractivity contribution in [2.24, 2.45) is 5.92 Å². The molecule has 3 nitrogen and oxygen atoms in total. The van der Waals surface area contributed by atoms with Crippen molar-refractivity contribution in [3.05, 3.63) is 0 Å². The summed E-state index contributed by atoms with van der Waals surface area (Å²) < 4.78 is 5.20. The van der Waals surface area contributed by atoms with Gasteiger partial charge in [-0.1, -0.05) is 29.8 Å². The molecule has 0 bridgehead atoms. The van der Waals surface area contributed by atoms with E-state index in [2.05, 4.69) is 35.1 Å². The fourth-order valence-electron chi connectivity index (χ4n) is 0.874. The molecular weight excluding hydrogens is 246 g/mol. The third-order valence-electron chi connectivity index (χ3n) is 1.87. The lowest BCUT2D eigenvalue weighted by atomic mass is 10.1. The van der Waals surface area contributed by atoms with Crippen LogP contribution >= 0.6 is 15.9 Å². The molecule has 1 atom stereocenters. The van der Waals surface area contributed by atoms with Crippen LogP contribution < -0.4 is 5.32 Å². The number of amides is 1. The van der Waals surface area contributed by atoms with E-state index in [1.165, 1.54) is 0 Å². The molecule has 0 aromatic rings. The molecule has 0 spiro atoms. The van der Waals surface area contributed by atoms with E-state index >= 15 is 0 Å². The van der Waals surface area contributed by atoms with Gasteiger partial charge in [-0.3, -0.25) is 4.79 Å². The molecule has 0 rings (SSSR count). The van der Waals surface area contributed by atoms with E-state index < -0.39 is 0 Å². The Hall–Kier alpha value is -0.0900. The largest absolute Gasteiger partial charge is 0.369 e. The molecule has 0 aliphatic carbocycles. The monoisotopic (exact) mass is 265 g/mol. The van der Waals surface area contributed by atoms with Crippen LogP contribution in [0.5, 0.6) is 0 Å². The Morgan fingerprint density at radius 3 is 2.29 bits per heavy atom. The van der Waals surface area contributed by atoms with Crippen molar-refractivity contribution in [1.29, 1.82) is 0 Å². The number of nitrogens with one attached hydrogen (secondary N) is 1. The Morgan fingerprint density at radius 2 is 1.93 bits per heavy atom. The summed E-state index contributed by atoms with van der Waals surface area (Å²) in [6.45, 7) is 8.13. The first-order valence-electron chi connectivity index (χ1n) is 4.94. The minimum atomic E-state index is -0.0446. The van der Waals surface area contributed by atoms with Gasteiger partial charge >= 0.3 is 0 Å². The maximum absolute atomic E-state index is 11.4. The quantitative estimate of drug-likeness (QED) is 0.746. The summed E-state index contributed by atoms with van der Waals surface area (Å²) in [5, 5.41) is 3.69. The van der Waals surface area contributed by atoms with E-state index in [9.17, 15) is 4.79 Å². The van der Waals surface area contributed by atoms with Gasteiger partial charge in [0.15, 0.2) is 0 Å². The highest BCUT2D eigenvalue weighted by atomic mass is 79.9. The first-order valence-corrected chi connectivity index (χ1v) is 6.06. The molecular formula is C10H20BrNO2. The van der Waals surface area contributed by atoms with Gasteiger partial charge in [0.05, 0.1) is 6.10 Å². The normalized spacial score (nSPS) is 13.4. The molecule has 14 heavy (non-hydrogen) atoms. The Morgan fingerprint density at radius 1 is 1.36 bits per heavy atom. The number of carbonyl (C=O) groups excluding carboxylic acids is 1. The minimum Gasteiger partial charge on any atom is -0.369 e. The van der Waals surface area contributed by atoms with Gasteiger partial charge in [-0.25, -0.2) is 0 Å². The Labute approximate surface area is 94.7 Å². The van der Waals surface area contributed by atoms with Crippen LogP contribution in [0.4, 0.5) is 0 Å². The molecule has 1 N–H and O–H groups in total. The standard InChI is InChI=1S/C10H20BrNO2/c1-7(2)9(5-11)12-10(13)6-14-8(3)4/h7-9H,5-6H2,1-4H3,(H,12,13). The van der Waals surface area contributed by atoms with Gasteiger partial charge in [0, 0.05) is 11.4 Å². The molecule has 0 aliphatic heterocycles. The van der Waals surface area contributed by atoms with E-state index in [4.69, 9.17) is 4.74 Å². The van der Waals surface area contributed by atoms with Crippen LogP contribution in [0, 0.1) is 5.92 Å². The van der Waals surface area contributed by atoms with Crippen molar-refractivity contribution in [3.63, 3.8) is 0 Å². The van der Waals surface area contributed by atoms with Crippen LogP contribution in [0.2, 0.25) is 0 Å². The second-order valence-electron chi connectivity index (χ2n) is 3.93. The van der Waals surface area contributed by atoms with Crippen molar-refractivity contribution in [2.75, 3.05) is 11.9 Å². The number of hydrogen-bond acceptors (Lipinski definition) is 2. The second kappa shape index (κ2) is 7.23. The third-order valence-corrected chi connectivity index (χ3v) is 2.56. The lowest BCUT2D eigenvalue weighted by molar-refractivity contribution is -0.127. The number of rotatable bonds is 6. The van der Waals surface area contributed by atoms with Crippen LogP contribution in [0.3, 0.4) is 0 Å². The first-order chi connectivity index (χ1) is 6.47. The van der Waals surface area contributed by atoms with Crippen molar-refractivity contribution in [3.8, 4) is 0 Å². The summed E-state index contributed by atoms with van der Waals surface area (Å²) >= 11 is 3.37. The van der Waals surface area contributed by atoms with E-state index in [0.29, 0.717) is 5.92 Å². The Balaban J connectivity index is 3.79. The highest BCUT2D eigenvalue weighted by molar-refractivity contribution is 9.09. The number of alkyl halides is 1. The fourth-order valence-corrected chi connectivity index (χ4v) is 1.78. The summed E-state index contributed by atoms with van der Waals surface area (Å²) in [4.78, 5) is 11.4. The summed E-state index contributed by atoms with van der Waals surface area (Å²) in [7, 11) is 0. The zero-order valence-corrected chi connectivity index (χ0v) is 10.9. The molecule has 0 fully saturated rings. The molecule has 0 aliphatic rings. The zero-order chi connectivity index (χ0) is 11.1. The average Bonchev–Trinajstić information content (AvgIpc) is 2.10. The highest BCUT2D eigenvalue weighted by Crippen LogP contribution is 2.04. The van der Waals surface area contributed by atoms with Gasteiger partial charge in [-0.15, -0.1) is 0 Å². The number of hydrogen-bond donors (Lipinski definition) is 1. The molecule has 1 amide bonds. The molecule has 0 aromatic carbocycles. The lowest BCUT2D eigenvalue weighted by Gasteiger charge is -2.20. The Kier molecular flexibility index (Phi) is 7.19. The second-order valence-corrected chi connectivity index (χ2v) is 4.58. The van der Waals surface area contributed by atoms with Crippen LogP contribution in [-0.2, 0) is 9.53 Å². The molecule has 84 valence electrons. The van der Waals surface area contributed by atoms with Gasteiger partial charge < -0.3 is 10.1 Å². The fraction of sp³-hybridized carbons (Fsp3) is 0.900. The topological polar surface area (TPSA) is 38.3 Å². The van der Waals surface area contributed by atoms with Gasteiger partial charge in [0.25, 0.3) is 0 Å². The smallest absolute Gasteiger partial charge is 0.246 e. The maximum Gasteiger partial charge on any atom is 0.246 e. The van der Waals surface area contributed by atoms with E-state index in [-0.39, 0.29) is 24.7 Å². The molecule has 0 saturated heterocycles. The highest BCUT2D eigenvalue weighted by Gasteiger charge is 2.14. The summed E-state index contributed by atoms with van der Waals surface area (Å²) in [6.07, 6.45) is 0.0993. The molecule has 0 radical (unpaired) electrons. The van der Waals surface area contributed by atoms with Crippen molar-refractivity contribution < 1.29 is 9.53 Å². The van der Waals surface area contributed by atoms with Gasteiger partial charge in [0.1, 0.15) is 6.61 Å². The first kappa shape index (κ1) is 13.9. The number of halogens is 1. The predicted octanol–water partition coefficient (Wildman–Crippen LogP) is 1.95. The number of ether oxygens (including phenoxy) is 1. The average molecular weight is 266 g/mol. The zero-order valence-electron chi connectivity index (χ0n) is 9.34. The van der Waals surface area contributed by atoms with Crippen LogP contribution in [-0.4, -0.2) is 30.0 Å². The van der Waals surface area contributed by atoms with Crippen LogP contribution in [0.15, 0.2) is 0 Å². The predicted molar refractivity (Wildman–Crippen MR) is 61.7 cm³/mol. The third kappa shape index (κ3) is 6.38. The molecule has 0 saturated carbocycles. The van der Waals surface area contributed by atoms with Crippen molar-refractivity contribution in [2.45, 2.75) is 39.8 Å². The molecule has 0 aromatic heterocycles. The van der Waals surface area contributed by atoms with Crippen LogP contribution in [0.25, 0.3) is 0 Å². The van der Waals surface area contributed by atoms with Gasteiger partial charge in [-0.05, 0) is 19.8 Å². The molecule has 4 heteroatoms. The lowest BCUT2D eigenvalue weighted by Crippen LogP contribution is -2.41. The molecule has 1 unspecified atom stereocenters. The molecule has 0 heterocycles.